The average molecular weight is 351 g/mol. The van der Waals surface area contributed by atoms with Gasteiger partial charge in [0.25, 0.3) is 10.0 Å². The lowest BCUT2D eigenvalue weighted by atomic mass is 10.1. The van der Waals surface area contributed by atoms with Gasteiger partial charge < -0.3 is 4.90 Å². The summed E-state index contributed by atoms with van der Waals surface area (Å²) in [6, 6.07) is -0.203. The van der Waals surface area contributed by atoms with Gasteiger partial charge in [-0.15, -0.1) is 11.3 Å². The van der Waals surface area contributed by atoms with Crippen molar-refractivity contribution in [2.75, 3.05) is 20.6 Å². The van der Waals surface area contributed by atoms with Crippen molar-refractivity contribution in [1.82, 2.24) is 19.0 Å². The van der Waals surface area contributed by atoms with E-state index in [2.05, 4.69) is 9.71 Å². The Balaban J connectivity index is 2.37. The molecule has 2 heterocycles. The summed E-state index contributed by atoms with van der Waals surface area (Å²) in [6.07, 6.45) is 1.66. The van der Waals surface area contributed by atoms with Crippen molar-refractivity contribution in [3.05, 3.63) is 16.7 Å². The van der Waals surface area contributed by atoms with Crippen LogP contribution in [0, 0.1) is 5.92 Å². The highest BCUT2D eigenvalue weighted by molar-refractivity contribution is 7.89. The SMILES string of the molecule is CC(C)C(CN(C)C)NS(=O)(=O)c1c(Cl)nc2sccn12. The molecule has 0 radical (unpaired) electrons. The van der Waals surface area contributed by atoms with Crippen molar-refractivity contribution in [2.45, 2.75) is 24.9 Å². The lowest BCUT2D eigenvalue weighted by Crippen LogP contribution is -2.45. The zero-order valence-electron chi connectivity index (χ0n) is 12.4. The first-order valence-electron chi connectivity index (χ1n) is 6.50. The van der Waals surface area contributed by atoms with Crippen LogP contribution in [0.1, 0.15) is 13.8 Å². The van der Waals surface area contributed by atoms with Gasteiger partial charge in [-0.3, -0.25) is 4.40 Å². The molecule has 1 N–H and O–H groups in total. The van der Waals surface area contributed by atoms with Gasteiger partial charge in [0.1, 0.15) is 0 Å². The average Bonchev–Trinajstić information content (AvgIpc) is 2.85. The molecule has 118 valence electrons. The number of halogens is 1. The molecule has 0 bridgehead atoms. The van der Waals surface area contributed by atoms with E-state index in [0.717, 1.165) is 0 Å². The van der Waals surface area contributed by atoms with Gasteiger partial charge in [0.05, 0.1) is 0 Å². The Labute approximate surface area is 133 Å². The number of rotatable bonds is 6. The third-order valence-electron chi connectivity index (χ3n) is 3.11. The number of fused-ring (bicyclic) bond motifs is 1. The van der Waals surface area contributed by atoms with Crippen LogP contribution in [0.2, 0.25) is 5.15 Å². The van der Waals surface area contributed by atoms with Gasteiger partial charge in [0.2, 0.25) is 0 Å². The van der Waals surface area contributed by atoms with E-state index in [1.165, 1.54) is 15.7 Å². The van der Waals surface area contributed by atoms with Crippen molar-refractivity contribution in [3.8, 4) is 0 Å². The first-order valence-corrected chi connectivity index (χ1v) is 9.24. The van der Waals surface area contributed by atoms with Crippen molar-refractivity contribution >= 4 is 37.9 Å². The molecule has 0 aliphatic heterocycles. The third-order valence-corrected chi connectivity index (χ3v) is 5.75. The zero-order valence-corrected chi connectivity index (χ0v) is 14.8. The number of nitrogens with one attached hydrogen (secondary N) is 1. The second-order valence-electron chi connectivity index (χ2n) is 5.50. The van der Waals surface area contributed by atoms with Crippen LogP contribution in [-0.2, 0) is 10.0 Å². The summed E-state index contributed by atoms with van der Waals surface area (Å²) < 4.78 is 29.5. The number of thiazole rings is 1. The molecule has 2 rings (SSSR count). The van der Waals surface area contributed by atoms with Crippen molar-refractivity contribution in [1.29, 1.82) is 0 Å². The molecular formula is C12H19ClN4O2S2. The number of sulfonamides is 1. The van der Waals surface area contributed by atoms with Crippen LogP contribution in [0.5, 0.6) is 0 Å². The number of imidazole rings is 1. The first kappa shape index (κ1) is 16.7. The van der Waals surface area contributed by atoms with E-state index in [-0.39, 0.29) is 22.1 Å². The summed E-state index contributed by atoms with van der Waals surface area (Å²) >= 11 is 7.35. The van der Waals surface area contributed by atoms with E-state index in [4.69, 9.17) is 11.6 Å². The zero-order chi connectivity index (χ0) is 15.8. The Morgan fingerprint density at radius 1 is 1.48 bits per heavy atom. The highest BCUT2D eigenvalue weighted by Crippen LogP contribution is 2.25. The summed E-state index contributed by atoms with van der Waals surface area (Å²) in [5.41, 5.74) is 0. The predicted octanol–water partition coefficient (Wildman–Crippen LogP) is 1.91. The van der Waals surface area contributed by atoms with E-state index in [0.29, 0.717) is 11.5 Å². The minimum absolute atomic E-state index is 0.00158. The van der Waals surface area contributed by atoms with Crippen molar-refractivity contribution in [2.24, 2.45) is 5.92 Å². The lowest BCUT2D eigenvalue weighted by molar-refractivity contribution is 0.314. The fourth-order valence-corrected chi connectivity index (χ4v) is 4.84. The van der Waals surface area contributed by atoms with Crippen LogP contribution in [0.3, 0.4) is 0 Å². The molecule has 2 aromatic heterocycles. The largest absolute Gasteiger partial charge is 0.308 e. The third kappa shape index (κ3) is 3.57. The maximum atomic E-state index is 12.7. The molecule has 0 saturated heterocycles. The number of likely N-dealkylation sites (N-methyl/N-ethyl adjacent to an activating group) is 1. The molecule has 1 unspecified atom stereocenters. The molecule has 1 atom stereocenters. The molecular weight excluding hydrogens is 332 g/mol. The fourth-order valence-electron chi connectivity index (χ4n) is 2.01. The minimum Gasteiger partial charge on any atom is -0.308 e. The van der Waals surface area contributed by atoms with E-state index in [9.17, 15) is 8.42 Å². The normalized spacial score (nSPS) is 14.4. The van der Waals surface area contributed by atoms with Crippen molar-refractivity contribution in [3.63, 3.8) is 0 Å². The van der Waals surface area contributed by atoms with Crippen molar-refractivity contribution < 1.29 is 8.42 Å². The molecule has 9 heteroatoms. The molecule has 21 heavy (non-hydrogen) atoms. The molecule has 0 aliphatic rings. The maximum Gasteiger partial charge on any atom is 0.260 e. The number of nitrogens with zero attached hydrogens (tertiary/aromatic N) is 3. The first-order chi connectivity index (χ1) is 9.72. The summed E-state index contributed by atoms with van der Waals surface area (Å²) in [5, 5.41) is 1.78. The summed E-state index contributed by atoms with van der Waals surface area (Å²) in [7, 11) is 0.0831. The maximum absolute atomic E-state index is 12.7. The molecule has 0 amide bonds. The second-order valence-corrected chi connectivity index (χ2v) is 8.36. The van der Waals surface area contributed by atoms with Crippen LogP contribution in [-0.4, -0.2) is 49.4 Å². The lowest BCUT2D eigenvalue weighted by Gasteiger charge is -2.25. The molecule has 2 aromatic rings. The van der Waals surface area contributed by atoms with Gasteiger partial charge in [-0.05, 0) is 20.0 Å². The molecule has 0 saturated carbocycles. The Hall–Kier alpha value is -0.670. The summed E-state index contributed by atoms with van der Waals surface area (Å²) in [6.45, 7) is 4.57. The van der Waals surface area contributed by atoms with Crippen LogP contribution in [0.4, 0.5) is 0 Å². The number of hydrogen-bond donors (Lipinski definition) is 1. The summed E-state index contributed by atoms with van der Waals surface area (Å²) in [5.74, 6) is 0.159. The molecule has 0 aromatic carbocycles. The van der Waals surface area contributed by atoms with Gasteiger partial charge in [-0.25, -0.2) is 18.1 Å². The van der Waals surface area contributed by atoms with Crippen LogP contribution < -0.4 is 4.72 Å². The Bertz CT molecular complexity index is 721. The van der Waals surface area contributed by atoms with Crippen LogP contribution in [0.25, 0.3) is 4.96 Å². The topological polar surface area (TPSA) is 66.7 Å². The van der Waals surface area contributed by atoms with E-state index in [1.54, 1.807) is 11.6 Å². The monoisotopic (exact) mass is 350 g/mol. The number of aromatic nitrogens is 2. The highest BCUT2D eigenvalue weighted by Gasteiger charge is 2.29. The minimum atomic E-state index is -3.74. The Morgan fingerprint density at radius 2 is 2.14 bits per heavy atom. The van der Waals surface area contributed by atoms with Gasteiger partial charge in [-0.2, -0.15) is 0 Å². The van der Waals surface area contributed by atoms with Gasteiger partial charge >= 0.3 is 0 Å². The molecule has 6 nitrogen and oxygen atoms in total. The van der Waals surface area contributed by atoms with E-state index < -0.39 is 10.0 Å². The smallest absolute Gasteiger partial charge is 0.260 e. The summed E-state index contributed by atoms with van der Waals surface area (Å²) in [4.78, 5) is 6.58. The van der Waals surface area contributed by atoms with Crippen LogP contribution in [0.15, 0.2) is 16.6 Å². The Kier molecular flexibility index (Phi) is 4.94. The highest BCUT2D eigenvalue weighted by atomic mass is 35.5. The predicted molar refractivity (Wildman–Crippen MR) is 85.6 cm³/mol. The van der Waals surface area contributed by atoms with E-state index in [1.807, 2.05) is 32.8 Å². The van der Waals surface area contributed by atoms with Crippen LogP contribution >= 0.6 is 22.9 Å². The molecule has 0 spiro atoms. The van der Waals surface area contributed by atoms with E-state index >= 15 is 0 Å². The molecule has 0 aliphatic carbocycles. The molecule has 0 fully saturated rings. The second kappa shape index (κ2) is 6.21. The standard InChI is InChI=1S/C12H19ClN4O2S2/c1-8(2)9(7-16(3)4)15-21(18,19)11-10(13)14-12-17(11)5-6-20-12/h5-6,8-9,15H,7H2,1-4H3. The fraction of sp³-hybridized carbons (Fsp3) is 0.583. The number of hydrogen-bond acceptors (Lipinski definition) is 5. The quantitative estimate of drug-likeness (QED) is 0.864. The Morgan fingerprint density at radius 3 is 2.71 bits per heavy atom. The van der Waals surface area contributed by atoms with Gasteiger partial charge in [-0.1, -0.05) is 25.4 Å². The van der Waals surface area contributed by atoms with Gasteiger partial charge in [0, 0.05) is 24.2 Å². The van der Waals surface area contributed by atoms with Gasteiger partial charge in [0.15, 0.2) is 15.1 Å².